The highest BCUT2D eigenvalue weighted by Gasteiger charge is 2.17. The first-order valence-corrected chi connectivity index (χ1v) is 10.6. The second-order valence-corrected chi connectivity index (χ2v) is 7.97. The average Bonchev–Trinajstić information content (AvgIpc) is 3.24. The van der Waals surface area contributed by atoms with Gasteiger partial charge in [-0.15, -0.1) is 0 Å². The highest BCUT2D eigenvalue weighted by atomic mass is 32.1. The molecule has 9 nitrogen and oxygen atoms in total. The molecule has 0 aromatic carbocycles. The Hall–Kier alpha value is -3.63. The molecule has 10 heteroatoms. The van der Waals surface area contributed by atoms with Crippen molar-refractivity contribution in [3.63, 3.8) is 0 Å². The van der Waals surface area contributed by atoms with E-state index in [1.807, 2.05) is 12.1 Å². The fourth-order valence-electron chi connectivity index (χ4n) is 3.29. The first kappa shape index (κ1) is 19.3. The first-order chi connectivity index (χ1) is 15.2. The van der Waals surface area contributed by atoms with Crippen LogP contribution in [0, 0.1) is 0 Å². The van der Waals surface area contributed by atoms with Crippen molar-refractivity contribution in [1.29, 1.82) is 0 Å². The van der Waals surface area contributed by atoms with E-state index in [2.05, 4.69) is 30.2 Å². The number of nitrogens with two attached hydrogens (primary N) is 1. The van der Waals surface area contributed by atoms with Gasteiger partial charge in [-0.25, -0.2) is 15.0 Å². The van der Waals surface area contributed by atoms with Gasteiger partial charge in [-0.1, -0.05) is 11.3 Å². The van der Waals surface area contributed by atoms with E-state index in [1.165, 1.54) is 0 Å². The first-order valence-electron chi connectivity index (χ1n) is 9.75. The lowest BCUT2D eigenvalue weighted by Gasteiger charge is -2.25. The van der Waals surface area contributed by atoms with E-state index in [9.17, 15) is 4.79 Å². The van der Waals surface area contributed by atoms with Crippen molar-refractivity contribution in [3.8, 4) is 11.3 Å². The lowest BCUT2D eigenvalue weighted by Crippen LogP contribution is -2.36. The number of rotatable bonds is 4. The predicted molar refractivity (Wildman–Crippen MR) is 120 cm³/mol. The molecule has 156 valence electrons. The van der Waals surface area contributed by atoms with Crippen LogP contribution in [0.2, 0.25) is 0 Å². The van der Waals surface area contributed by atoms with Crippen LogP contribution in [0.15, 0.2) is 48.9 Å². The van der Waals surface area contributed by atoms with E-state index in [4.69, 9.17) is 10.5 Å². The molecule has 1 amide bonds. The van der Waals surface area contributed by atoms with Gasteiger partial charge >= 0.3 is 0 Å². The number of fused-ring (bicyclic) bond motifs is 1. The summed E-state index contributed by atoms with van der Waals surface area (Å²) in [5.41, 5.74) is 8.83. The zero-order chi connectivity index (χ0) is 21.2. The molecule has 5 rings (SSSR count). The van der Waals surface area contributed by atoms with Crippen LogP contribution < -0.4 is 16.0 Å². The van der Waals surface area contributed by atoms with Gasteiger partial charge in [-0.05, 0) is 24.3 Å². The second-order valence-electron chi connectivity index (χ2n) is 6.96. The number of carbonyl (C=O) groups is 1. The minimum atomic E-state index is -0.366. The standard InChI is InChI=1S/C21H19N7O2S/c22-14-3-4-15(25-19(14)13-2-1-5-23-11-13)20(29)27-18-10-17-16(12-24-18)26-21(31-17)28-6-8-30-9-7-28/h1-5,10-12H,6-9,22H2,(H,24,27,29). The molecule has 0 spiro atoms. The number of pyridine rings is 3. The third-order valence-corrected chi connectivity index (χ3v) is 5.96. The molecule has 0 aliphatic carbocycles. The van der Waals surface area contributed by atoms with E-state index in [-0.39, 0.29) is 11.6 Å². The third kappa shape index (κ3) is 4.03. The number of nitrogens with one attached hydrogen (secondary N) is 1. The summed E-state index contributed by atoms with van der Waals surface area (Å²) in [4.78, 5) is 32.5. The summed E-state index contributed by atoms with van der Waals surface area (Å²) in [6, 6.07) is 8.72. The normalized spacial score (nSPS) is 14.0. The van der Waals surface area contributed by atoms with Crippen LogP contribution in [0.3, 0.4) is 0 Å². The molecule has 1 aliphatic rings. The Morgan fingerprint density at radius 2 is 2.03 bits per heavy atom. The van der Waals surface area contributed by atoms with Gasteiger partial charge in [-0.2, -0.15) is 0 Å². The minimum Gasteiger partial charge on any atom is -0.397 e. The monoisotopic (exact) mass is 433 g/mol. The van der Waals surface area contributed by atoms with Crippen molar-refractivity contribution in [2.24, 2.45) is 0 Å². The average molecular weight is 433 g/mol. The number of carbonyl (C=O) groups excluding carboxylic acids is 1. The maximum atomic E-state index is 12.8. The largest absolute Gasteiger partial charge is 0.397 e. The molecule has 4 aromatic rings. The Kier molecular flexibility index (Phi) is 5.14. The van der Waals surface area contributed by atoms with Crippen LogP contribution in [0.1, 0.15) is 10.5 Å². The number of thiazole rings is 1. The molecule has 5 heterocycles. The van der Waals surface area contributed by atoms with Gasteiger partial charge in [0, 0.05) is 37.1 Å². The molecule has 0 unspecified atom stereocenters. The van der Waals surface area contributed by atoms with Crippen LogP contribution in [-0.4, -0.2) is 52.1 Å². The lowest BCUT2D eigenvalue weighted by molar-refractivity contribution is 0.102. The van der Waals surface area contributed by atoms with Gasteiger partial charge in [-0.3, -0.25) is 9.78 Å². The zero-order valence-electron chi connectivity index (χ0n) is 16.5. The Morgan fingerprint density at radius 3 is 2.84 bits per heavy atom. The summed E-state index contributed by atoms with van der Waals surface area (Å²) in [6.45, 7) is 3.04. The molecule has 0 bridgehead atoms. The van der Waals surface area contributed by atoms with Gasteiger partial charge in [0.1, 0.15) is 17.0 Å². The van der Waals surface area contributed by atoms with E-state index in [0.717, 1.165) is 34.0 Å². The smallest absolute Gasteiger partial charge is 0.275 e. The van der Waals surface area contributed by atoms with Crippen molar-refractivity contribution < 1.29 is 9.53 Å². The van der Waals surface area contributed by atoms with Gasteiger partial charge in [0.2, 0.25) is 0 Å². The van der Waals surface area contributed by atoms with E-state index in [1.54, 1.807) is 48.1 Å². The summed E-state index contributed by atoms with van der Waals surface area (Å²) in [6.07, 6.45) is 5.00. The summed E-state index contributed by atoms with van der Waals surface area (Å²) < 4.78 is 6.35. The topological polar surface area (TPSA) is 119 Å². The Labute approximate surface area is 181 Å². The van der Waals surface area contributed by atoms with Gasteiger partial charge in [0.25, 0.3) is 5.91 Å². The summed E-state index contributed by atoms with van der Waals surface area (Å²) in [5.74, 6) is 0.0751. The van der Waals surface area contributed by atoms with Crippen molar-refractivity contribution in [2.75, 3.05) is 42.3 Å². The summed E-state index contributed by atoms with van der Waals surface area (Å²) in [7, 11) is 0. The molecule has 3 N–H and O–H groups in total. The fourth-order valence-corrected chi connectivity index (χ4v) is 4.31. The van der Waals surface area contributed by atoms with Gasteiger partial charge in [0.05, 0.1) is 35.5 Å². The Balaban J connectivity index is 1.37. The fraction of sp³-hybridized carbons (Fsp3) is 0.190. The number of nitrogens with zero attached hydrogens (tertiary/aromatic N) is 5. The molecular formula is C21H19N7O2S. The van der Waals surface area contributed by atoms with Crippen LogP contribution in [0.25, 0.3) is 21.5 Å². The second kappa shape index (κ2) is 8.25. The third-order valence-electron chi connectivity index (χ3n) is 4.88. The van der Waals surface area contributed by atoms with Crippen molar-refractivity contribution in [2.45, 2.75) is 0 Å². The molecular weight excluding hydrogens is 414 g/mol. The van der Waals surface area contributed by atoms with Crippen LogP contribution in [-0.2, 0) is 4.74 Å². The van der Waals surface area contributed by atoms with E-state index < -0.39 is 0 Å². The molecule has 4 aromatic heterocycles. The summed E-state index contributed by atoms with van der Waals surface area (Å²) in [5, 5.41) is 3.75. The Morgan fingerprint density at radius 1 is 1.16 bits per heavy atom. The Bertz CT molecular complexity index is 1240. The predicted octanol–water partition coefficient (Wildman–Crippen LogP) is 2.82. The van der Waals surface area contributed by atoms with Crippen molar-refractivity contribution >= 4 is 44.1 Å². The number of amides is 1. The quantitative estimate of drug-likeness (QED) is 0.504. The maximum absolute atomic E-state index is 12.8. The van der Waals surface area contributed by atoms with Gasteiger partial charge < -0.3 is 20.7 Å². The van der Waals surface area contributed by atoms with Crippen LogP contribution >= 0.6 is 11.3 Å². The number of anilines is 3. The molecule has 0 atom stereocenters. The van der Waals surface area contributed by atoms with E-state index >= 15 is 0 Å². The summed E-state index contributed by atoms with van der Waals surface area (Å²) >= 11 is 1.57. The van der Waals surface area contributed by atoms with E-state index in [0.29, 0.717) is 30.4 Å². The number of aromatic nitrogens is 4. The molecule has 0 radical (unpaired) electrons. The number of hydrogen-bond donors (Lipinski definition) is 2. The zero-order valence-corrected chi connectivity index (χ0v) is 17.3. The number of hydrogen-bond acceptors (Lipinski definition) is 9. The maximum Gasteiger partial charge on any atom is 0.275 e. The molecule has 1 saturated heterocycles. The highest BCUT2D eigenvalue weighted by molar-refractivity contribution is 7.22. The van der Waals surface area contributed by atoms with Gasteiger partial charge in [0.15, 0.2) is 5.13 Å². The molecule has 0 saturated carbocycles. The molecule has 31 heavy (non-hydrogen) atoms. The van der Waals surface area contributed by atoms with Crippen molar-refractivity contribution in [3.05, 3.63) is 54.6 Å². The minimum absolute atomic E-state index is 0.244. The highest BCUT2D eigenvalue weighted by Crippen LogP contribution is 2.30. The lowest BCUT2D eigenvalue weighted by atomic mass is 10.1. The molecule has 1 aliphatic heterocycles. The molecule has 1 fully saturated rings. The number of morpholine rings is 1. The number of nitrogen functional groups attached to an aromatic ring is 1. The number of ether oxygens (including phenoxy) is 1. The SMILES string of the molecule is Nc1ccc(C(=O)Nc2cc3sc(N4CCOCC4)nc3cn2)nc1-c1cccnc1. The van der Waals surface area contributed by atoms with Crippen LogP contribution in [0.5, 0.6) is 0 Å². The van der Waals surface area contributed by atoms with Crippen LogP contribution in [0.4, 0.5) is 16.6 Å². The van der Waals surface area contributed by atoms with Crippen molar-refractivity contribution in [1.82, 2.24) is 19.9 Å².